The molecule has 0 unspecified atom stereocenters. The fraction of sp³-hybridized carbons (Fsp3) is 0.333. The van der Waals surface area contributed by atoms with Crippen LogP contribution in [0.25, 0.3) is 0 Å². The quantitative estimate of drug-likeness (QED) is 0.852. The summed E-state index contributed by atoms with van der Waals surface area (Å²) in [6.45, 7) is 3.40. The molecule has 1 aromatic carbocycles. The first-order chi connectivity index (χ1) is 10.1. The smallest absolute Gasteiger partial charge is 0.243 e. The predicted octanol–water partition coefficient (Wildman–Crippen LogP) is 2.68. The summed E-state index contributed by atoms with van der Waals surface area (Å²) in [6, 6.07) is 11.0. The average molecular weight is 324 g/mol. The van der Waals surface area contributed by atoms with Crippen LogP contribution >= 0.6 is 11.3 Å². The van der Waals surface area contributed by atoms with Crippen molar-refractivity contribution in [2.75, 3.05) is 13.6 Å². The van der Waals surface area contributed by atoms with Crippen molar-refractivity contribution in [3.8, 4) is 0 Å². The highest BCUT2D eigenvalue weighted by molar-refractivity contribution is 7.89. The van der Waals surface area contributed by atoms with E-state index >= 15 is 0 Å². The van der Waals surface area contributed by atoms with Crippen molar-refractivity contribution in [3.63, 3.8) is 0 Å². The zero-order valence-corrected chi connectivity index (χ0v) is 13.9. The minimum atomic E-state index is -3.46. The number of nitrogens with zero attached hydrogens (tertiary/aromatic N) is 1. The molecule has 0 spiro atoms. The molecule has 21 heavy (non-hydrogen) atoms. The van der Waals surface area contributed by atoms with Gasteiger partial charge in [-0.25, -0.2) is 8.42 Å². The van der Waals surface area contributed by atoms with Crippen LogP contribution in [0.2, 0.25) is 0 Å². The molecule has 4 nitrogen and oxygen atoms in total. The second-order valence-electron chi connectivity index (χ2n) is 4.69. The fourth-order valence-electron chi connectivity index (χ4n) is 2.11. The van der Waals surface area contributed by atoms with E-state index in [4.69, 9.17) is 0 Å². The molecular formula is C15H20N2O2S2. The second kappa shape index (κ2) is 7.17. The van der Waals surface area contributed by atoms with Crippen LogP contribution in [0.1, 0.15) is 17.4 Å². The van der Waals surface area contributed by atoms with Gasteiger partial charge in [-0.3, -0.25) is 0 Å². The molecule has 1 aromatic heterocycles. The van der Waals surface area contributed by atoms with E-state index in [1.54, 1.807) is 29.5 Å². The van der Waals surface area contributed by atoms with E-state index in [9.17, 15) is 8.42 Å². The van der Waals surface area contributed by atoms with Gasteiger partial charge in [0.25, 0.3) is 0 Å². The third kappa shape index (κ3) is 3.91. The topological polar surface area (TPSA) is 49.4 Å². The van der Waals surface area contributed by atoms with Crippen molar-refractivity contribution in [2.45, 2.75) is 24.9 Å². The highest BCUT2D eigenvalue weighted by Gasteiger charge is 2.23. The molecule has 1 heterocycles. The van der Waals surface area contributed by atoms with Gasteiger partial charge in [0.1, 0.15) is 0 Å². The Balaban J connectivity index is 2.28. The van der Waals surface area contributed by atoms with Gasteiger partial charge in [-0.15, -0.1) is 11.3 Å². The van der Waals surface area contributed by atoms with Crippen LogP contribution in [0, 0.1) is 0 Å². The molecule has 0 amide bonds. The number of nitrogens with one attached hydrogen (secondary N) is 1. The molecule has 0 bridgehead atoms. The van der Waals surface area contributed by atoms with Gasteiger partial charge in [-0.1, -0.05) is 25.1 Å². The molecule has 0 radical (unpaired) electrons. The summed E-state index contributed by atoms with van der Waals surface area (Å²) in [4.78, 5) is 1.40. The van der Waals surface area contributed by atoms with Gasteiger partial charge < -0.3 is 5.32 Å². The van der Waals surface area contributed by atoms with Gasteiger partial charge >= 0.3 is 0 Å². The first kappa shape index (κ1) is 16.2. The van der Waals surface area contributed by atoms with Crippen LogP contribution < -0.4 is 5.32 Å². The molecule has 0 aliphatic rings. The van der Waals surface area contributed by atoms with E-state index in [0.717, 1.165) is 10.4 Å². The molecule has 0 fully saturated rings. The molecule has 2 aromatic rings. The SMILES string of the molecule is CCN(Cc1cccs1)S(=O)(=O)c1cccc(CNC)c1. The van der Waals surface area contributed by atoms with E-state index in [2.05, 4.69) is 5.32 Å². The molecule has 114 valence electrons. The molecule has 0 atom stereocenters. The molecule has 0 aliphatic carbocycles. The van der Waals surface area contributed by atoms with E-state index in [1.807, 2.05) is 37.6 Å². The Kier molecular flexibility index (Phi) is 5.52. The van der Waals surface area contributed by atoms with Crippen LogP contribution in [0.5, 0.6) is 0 Å². The Hall–Kier alpha value is -1.21. The van der Waals surface area contributed by atoms with Crippen molar-refractivity contribution in [3.05, 3.63) is 52.2 Å². The van der Waals surface area contributed by atoms with E-state index in [0.29, 0.717) is 24.5 Å². The summed E-state index contributed by atoms with van der Waals surface area (Å²) < 4.78 is 27.0. The molecule has 1 N–H and O–H groups in total. The summed E-state index contributed by atoms with van der Waals surface area (Å²) in [7, 11) is -1.61. The van der Waals surface area contributed by atoms with Gasteiger partial charge in [-0.05, 0) is 36.2 Å². The highest BCUT2D eigenvalue weighted by atomic mass is 32.2. The van der Waals surface area contributed by atoms with Crippen molar-refractivity contribution in [2.24, 2.45) is 0 Å². The van der Waals surface area contributed by atoms with Crippen molar-refractivity contribution in [1.29, 1.82) is 0 Å². The van der Waals surface area contributed by atoms with Crippen LogP contribution in [0.4, 0.5) is 0 Å². The number of thiophene rings is 1. The minimum absolute atomic E-state index is 0.355. The third-order valence-corrected chi connectivity index (χ3v) is 5.96. The number of rotatable bonds is 7. The Morgan fingerprint density at radius 1 is 1.24 bits per heavy atom. The van der Waals surface area contributed by atoms with Gasteiger partial charge in [0, 0.05) is 24.5 Å². The zero-order chi connectivity index (χ0) is 15.3. The van der Waals surface area contributed by atoms with Crippen LogP contribution in [-0.4, -0.2) is 26.3 Å². The molecule has 0 aliphatic heterocycles. The molecule has 6 heteroatoms. The predicted molar refractivity (Wildman–Crippen MR) is 86.8 cm³/mol. The largest absolute Gasteiger partial charge is 0.316 e. The Bertz CT molecular complexity index is 667. The fourth-order valence-corrected chi connectivity index (χ4v) is 4.41. The van der Waals surface area contributed by atoms with Gasteiger partial charge in [-0.2, -0.15) is 4.31 Å². The standard InChI is InChI=1S/C15H20N2O2S2/c1-3-17(12-14-7-5-9-20-14)21(18,19)15-8-4-6-13(10-15)11-16-2/h4-10,16H,3,11-12H2,1-2H3. The maximum absolute atomic E-state index is 12.8. The Morgan fingerprint density at radius 2 is 2.05 bits per heavy atom. The maximum Gasteiger partial charge on any atom is 0.243 e. The minimum Gasteiger partial charge on any atom is -0.316 e. The molecular weight excluding hydrogens is 304 g/mol. The van der Waals surface area contributed by atoms with Gasteiger partial charge in [0.05, 0.1) is 4.90 Å². The molecule has 2 rings (SSSR count). The van der Waals surface area contributed by atoms with E-state index in [-0.39, 0.29) is 0 Å². The maximum atomic E-state index is 12.8. The van der Waals surface area contributed by atoms with Crippen molar-refractivity contribution < 1.29 is 8.42 Å². The lowest BCUT2D eigenvalue weighted by Crippen LogP contribution is -2.30. The number of hydrogen-bond donors (Lipinski definition) is 1. The van der Waals surface area contributed by atoms with E-state index < -0.39 is 10.0 Å². The lowest BCUT2D eigenvalue weighted by Gasteiger charge is -2.20. The van der Waals surface area contributed by atoms with Crippen molar-refractivity contribution >= 4 is 21.4 Å². The number of benzene rings is 1. The third-order valence-electron chi connectivity index (χ3n) is 3.18. The van der Waals surface area contributed by atoms with Crippen molar-refractivity contribution in [1.82, 2.24) is 9.62 Å². The van der Waals surface area contributed by atoms with Crippen LogP contribution in [-0.2, 0) is 23.1 Å². The first-order valence-electron chi connectivity index (χ1n) is 6.84. The summed E-state index contributed by atoms with van der Waals surface area (Å²) >= 11 is 1.57. The van der Waals surface area contributed by atoms with Crippen LogP contribution in [0.15, 0.2) is 46.7 Å². The lowest BCUT2D eigenvalue weighted by molar-refractivity contribution is 0.426. The average Bonchev–Trinajstić information content (AvgIpc) is 2.98. The Morgan fingerprint density at radius 3 is 2.67 bits per heavy atom. The highest BCUT2D eigenvalue weighted by Crippen LogP contribution is 2.21. The molecule has 0 saturated heterocycles. The normalized spacial score (nSPS) is 12.0. The monoisotopic (exact) mass is 324 g/mol. The summed E-state index contributed by atoms with van der Waals surface area (Å²) in [5, 5.41) is 5.00. The lowest BCUT2D eigenvalue weighted by atomic mass is 10.2. The van der Waals surface area contributed by atoms with Gasteiger partial charge in [0.15, 0.2) is 0 Å². The number of hydrogen-bond acceptors (Lipinski definition) is 4. The summed E-state index contributed by atoms with van der Waals surface area (Å²) in [5.41, 5.74) is 0.964. The first-order valence-corrected chi connectivity index (χ1v) is 9.16. The summed E-state index contributed by atoms with van der Waals surface area (Å²) in [6.07, 6.45) is 0. The molecule has 0 saturated carbocycles. The second-order valence-corrected chi connectivity index (χ2v) is 7.66. The van der Waals surface area contributed by atoms with Crippen LogP contribution in [0.3, 0.4) is 0 Å². The van der Waals surface area contributed by atoms with E-state index in [1.165, 1.54) is 4.31 Å². The summed E-state index contributed by atoms with van der Waals surface area (Å²) in [5.74, 6) is 0. The van der Waals surface area contributed by atoms with Gasteiger partial charge in [0.2, 0.25) is 10.0 Å². The zero-order valence-electron chi connectivity index (χ0n) is 12.2. The Labute approximate surface area is 130 Å². The number of sulfonamides is 1.